The van der Waals surface area contributed by atoms with Crippen molar-refractivity contribution in [2.75, 3.05) is 5.75 Å². The number of rotatable bonds is 3. The summed E-state index contributed by atoms with van der Waals surface area (Å²) < 4.78 is 0. The molecule has 48 valence electrons. The fourth-order valence-corrected chi connectivity index (χ4v) is 0.806. The summed E-state index contributed by atoms with van der Waals surface area (Å²) in [7, 11) is 0. The molecule has 2 nitrogen and oxygen atoms in total. The van der Waals surface area contributed by atoms with Crippen molar-refractivity contribution in [1.29, 1.82) is 0 Å². The van der Waals surface area contributed by atoms with Crippen LogP contribution in [0.25, 0.3) is 0 Å². The predicted octanol–water partition coefficient (Wildman–Crippen LogP) is 1.59. The third-order valence-corrected chi connectivity index (χ3v) is 1.59. The zero-order valence-electron chi connectivity index (χ0n) is 5.16. The summed E-state index contributed by atoms with van der Waals surface area (Å²) in [6.45, 7) is 4.21. The number of hydrogen-bond acceptors (Lipinski definition) is 3. The highest BCUT2D eigenvalue weighted by molar-refractivity contribution is 8.00. The van der Waals surface area contributed by atoms with Gasteiger partial charge in [-0.1, -0.05) is 13.8 Å². The molecule has 3 heteroatoms. The van der Waals surface area contributed by atoms with Crippen LogP contribution in [-0.4, -0.2) is 22.4 Å². The van der Waals surface area contributed by atoms with Crippen LogP contribution in [0.2, 0.25) is 0 Å². The number of nitrogens with zero attached hydrogens (tertiary/aromatic N) is 1. The van der Waals surface area contributed by atoms with Crippen LogP contribution >= 0.6 is 11.8 Å². The van der Waals surface area contributed by atoms with E-state index in [1.165, 1.54) is 6.21 Å². The van der Waals surface area contributed by atoms with E-state index in [0.717, 1.165) is 5.75 Å². The quantitative estimate of drug-likeness (QED) is 0.360. The van der Waals surface area contributed by atoms with Gasteiger partial charge in [0.1, 0.15) is 0 Å². The van der Waals surface area contributed by atoms with Crippen molar-refractivity contribution in [1.82, 2.24) is 0 Å². The van der Waals surface area contributed by atoms with Gasteiger partial charge in [0.05, 0.1) is 6.21 Å². The molecule has 0 amide bonds. The van der Waals surface area contributed by atoms with Gasteiger partial charge in [0, 0.05) is 5.75 Å². The molecule has 0 aromatic carbocycles. The Morgan fingerprint density at radius 2 is 2.38 bits per heavy atom. The van der Waals surface area contributed by atoms with E-state index in [2.05, 4.69) is 19.0 Å². The maximum Gasteiger partial charge on any atom is 0.0535 e. The van der Waals surface area contributed by atoms with Gasteiger partial charge in [-0.05, 0) is 5.25 Å². The first-order valence-corrected chi connectivity index (χ1v) is 3.59. The van der Waals surface area contributed by atoms with Gasteiger partial charge >= 0.3 is 0 Å². The van der Waals surface area contributed by atoms with Gasteiger partial charge < -0.3 is 5.21 Å². The summed E-state index contributed by atoms with van der Waals surface area (Å²) in [4.78, 5) is 0. The van der Waals surface area contributed by atoms with E-state index in [-0.39, 0.29) is 0 Å². The number of thioether (sulfide) groups is 1. The molecule has 0 aliphatic heterocycles. The first kappa shape index (κ1) is 7.82. The highest BCUT2D eigenvalue weighted by atomic mass is 32.2. The fraction of sp³-hybridized carbons (Fsp3) is 0.800. The lowest BCUT2D eigenvalue weighted by Crippen LogP contribution is -1.89. The second kappa shape index (κ2) is 4.97. The van der Waals surface area contributed by atoms with Gasteiger partial charge in [-0.25, -0.2) is 0 Å². The molecule has 0 unspecified atom stereocenters. The van der Waals surface area contributed by atoms with Crippen LogP contribution < -0.4 is 0 Å². The molecule has 0 aromatic rings. The Kier molecular flexibility index (Phi) is 4.85. The van der Waals surface area contributed by atoms with Crippen molar-refractivity contribution in [3.63, 3.8) is 0 Å². The lowest BCUT2D eigenvalue weighted by atomic mass is 10.6. The Bertz CT molecular complexity index is 72.8. The Morgan fingerprint density at radius 3 is 2.75 bits per heavy atom. The third-order valence-electron chi connectivity index (χ3n) is 0.586. The molecule has 1 N–H and O–H groups in total. The highest BCUT2D eigenvalue weighted by Crippen LogP contribution is 2.05. The number of oxime groups is 1. The molecule has 0 rings (SSSR count). The molecular formula is C5H11NOS. The fourth-order valence-electron chi connectivity index (χ4n) is 0.269. The minimum absolute atomic E-state index is 0.619. The average Bonchev–Trinajstić information content (AvgIpc) is 1.66. The first-order valence-electron chi connectivity index (χ1n) is 2.55. The Hall–Kier alpha value is -0.180. The SMILES string of the molecule is CC(C)SC/C=N/O. The molecule has 0 bridgehead atoms. The van der Waals surface area contributed by atoms with Gasteiger partial charge in [-0.2, -0.15) is 11.8 Å². The van der Waals surface area contributed by atoms with Crippen molar-refractivity contribution in [3.05, 3.63) is 0 Å². The summed E-state index contributed by atoms with van der Waals surface area (Å²) in [6.07, 6.45) is 1.49. The summed E-state index contributed by atoms with van der Waals surface area (Å²) >= 11 is 1.75. The molecule has 0 radical (unpaired) electrons. The van der Waals surface area contributed by atoms with Crippen LogP contribution in [0.1, 0.15) is 13.8 Å². The van der Waals surface area contributed by atoms with E-state index >= 15 is 0 Å². The Morgan fingerprint density at radius 1 is 1.75 bits per heavy atom. The minimum Gasteiger partial charge on any atom is -0.411 e. The Balaban J connectivity index is 2.93. The van der Waals surface area contributed by atoms with E-state index in [1.807, 2.05) is 0 Å². The van der Waals surface area contributed by atoms with Crippen molar-refractivity contribution < 1.29 is 5.21 Å². The van der Waals surface area contributed by atoms with Crippen LogP contribution in [0, 0.1) is 0 Å². The topological polar surface area (TPSA) is 32.6 Å². The monoisotopic (exact) mass is 133 g/mol. The molecule has 0 saturated heterocycles. The normalized spacial score (nSPS) is 11.4. The smallest absolute Gasteiger partial charge is 0.0535 e. The van der Waals surface area contributed by atoms with Crippen molar-refractivity contribution in [2.24, 2.45) is 5.16 Å². The molecule has 0 aliphatic carbocycles. The van der Waals surface area contributed by atoms with Crippen molar-refractivity contribution in [2.45, 2.75) is 19.1 Å². The number of hydrogen-bond donors (Lipinski definition) is 1. The Labute approximate surface area is 54.0 Å². The van der Waals surface area contributed by atoms with Gasteiger partial charge in [0.15, 0.2) is 0 Å². The molecule has 0 atom stereocenters. The molecular weight excluding hydrogens is 122 g/mol. The standard InChI is InChI=1S/C5H11NOS/c1-5(2)8-4-3-6-7/h3,5,7H,4H2,1-2H3/b6-3+. The zero-order valence-corrected chi connectivity index (χ0v) is 5.98. The van der Waals surface area contributed by atoms with E-state index in [9.17, 15) is 0 Å². The van der Waals surface area contributed by atoms with Crippen LogP contribution in [0.15, 0.2) is 5.16 Å². The molecule has 0 saturated carbocycles. The molecule has 0 spiro atoms. The van der Waals surface area contributed by atoms with E-state index < -0.39 is 0 Å². The maximum absolute atomic E-state index is 7.94. The summed E-state index contributed by atoms with van der Waals surface area (Å²) in [5, 5.41) is 11.4. The molecule has 0 aromatic heterocycles. The van der Waals surface area contributed by atoms with Crippen LogP contribution in [0.4, 0.5) is 0 Å². The van der Waals surface area contributed by atoms with Crippen molar-refractivity contribution in [3.8, 4) is 0 Å². The lowest BCUT2D eigenvalue weighted by molar-refractivity contribution is 0.321. The van der Waals surface area contributed by atoms with Crippen LogP contribution in [-0.2, 0) is 0 Å². The predicted molar refractivity (Wildman–Crippen MR) is 37.9 cm³/mol. The average molecular weight is 133 g/mol. The van der Waals surface area contributed by atoms with Crippen LogP contribution in [0.3, 0.4) is 0 Å². The zero-order chi connectivity index (χ0) is 6.41. The maximum atomic E-state index is 7.94. The summed E-state index contributed by atoms with van der Waals surface area (Å²) in [5.74, 6) is 0.800. The first-order chi connectivity index (χ1) is 3.77. The van der Waals surface area contributed by atoms with E-state index in [4.69, 9.17) is 5.21 Å². The molecule has 0 heterocycles. The third kappa shape index (κ3) is 5.82. The van der Waals surface area contributed by atoms with Gasteiger partial charge in [-0.15, -0.1) is 5.16 Å². The van der Waals surface area contributed by atoms with Gasteiger partial charge in [0.25, 0.3) is 0 Å². The van der Waals surface area contributed by atoms with Gasteiger partial charge in [0.2, 0.25) is 0 Å². The summed E-state index contributed by atoms with van der Waals surface area (Å²) in [6, 6.07) is 0. The van der Waals surface area contributed by atoms with Gasteiger partial charge in [-0.3, -0.25) is 0 Å². The molecule has 8 heavy (non-hydrogen) atoms. The van der Waals surface area contributed by atoms with Crippen LogP contribution in [0.5, 0.6) is 0 Å². The van der Waals surface area contributed by atoms with Crippen molar-refractivity contribution >= 4 is 18.0 Å². The lowest BCUT2D eigenvalue weighted by Gasteiger charge is -1.97. The van der Waals surface area contributed by atoms with E-state index in [1.54, 1.807) is 11.8 Å². The highest BCUT2D eigenvalue weighted by Gasteiger charge is 1.88. The summed E-state index contributed by atoms with van der Waals surface area (Å²) in [5.41, 5.74) is 0. The minimum atomic E-state index is 0.619. The van der Waals surface area contributed by atoms with E-state index in [0.29, 0.717) is 5.25 Å². The second-order valence-corrected chi connectivity index (χ2v) is 3.29. The molecule has 0 aliphatic rings. The molecule has 0 fully saturated rings. The second-order valence-electron chi connectivity index (χ2n) is 1.68. The largest absolute Gasteiger partial charge is 0.411 e.